The van der Waals surface area contributed by atoms with Crippen molar-refractivity contribution in [1.29, 1.82) is 0 Å². The van der Waals surface area contributed by atoms with Gasteiger partial charge >= 0.3 is 0 Å². The third-order valence-electron chi connectivity index (χ3n) is 6.67. The van der Waals surface area contributed by atoms with Gasteiger partial charge in [0.2, 0.25) is 0 Å². The van der Waals surface area contributed by atoms with Crippen LogP contribution in [-0.2, 0) is 9.53 Å². The van der Waals surface area contributed by atoms with Gasteiger partial charge in [-0.05, 0) is 78.1 Å². The number of benzene rings is 2. The smallest absolute Gasteiger partial charge is 0.258 e. The van der Waals surface area contributed by atoms with Crippen LogP contribution in [0.15, 0.2) is 48.8 Å². The molecule has 3 heterocycles. The number of hydrogen-bond acceptors (Lipinski definition) is 8. The van der Waals surface area contributed by atoms with E-state index in [1.807, 2.05) is 81.9 Å². The predicted octanol–water partition coefficient (Wildman–Crippen LogP) is 5.94. The van der Waals surface area contributed by atoms with Gasteiger partial charge < -0.3 is 24.8 Å². The fourth-order valence-corrected chi connectivity index (χ4v) is 4.86. The summed E-state index contributed by atoms with van der Waals surface area (Å²) < 4.78 is 19.4. The Morgan fingerprint density at radius 1 is 1.15 bits per heavy atom. The Morgan fingerprint density at radius 2 is 2.00 bits per heavy atom. The zero-order chi connectivity index (χ0) is 29.0. The number of carbonyl (C=O) groups excluding carboxylic acids is 1. The Balaban J connectivity index is 1.47. The molecule has 0 bridgehead atoms. The fourth-order valence-electron chi connectivity index (χ4n) is 4.86. The highest BCUT2D eigenvalue weighted by Gasteiger charge is 2.19. The van der Waals surface area contributed by atoms with Crippen molar-refractivity contribution in [3.8, 4) is 22.9 Å². The van der Waals surface area contributed by atoms with E-state index in [2.05, 4.69) is 15.7 Å². The molecule has 2 aromatic carbocycles. The first kappa shape index (κ1) is 28.4. The van der Waals surface area contributed by atoms with E-state index in [1.165, 1.54) is 0 Å². The molecular formula is C31H38N6O4. The van der Waals surface area contributed by atoms with Crippen LogP contribution in [0.3, 0.4) is 0 Å². The van der Waals surface area contributed by atoms with Crippen molar-refractivity contribution in [2.75, 3.05) is 25.1 Å². The number of aromatic nitrogens is 4. The summed E-state index contributed by atoms with van der Waals surface area (Å²) in [5.74, 6) is 2.33. The predicted molar refractivity (Wildman–Crippen MR) is 159 cm³/mol. The van der Waals surface area contributed by atoms with Crippen LogP contribution in [-0.4, -0.2) is 51.0 Å². The number of nitrogens with zero attached hydrogens (tertiary/aromatic N) is 4. The SMILES string of the molecule is CCOc1ccc2nc(-c3cccc(OCC(=O)NC(C)(C)C)c3)nc(Nc3cnn(C4CCCCO4)c3)c2c1C. The van der Waals surface area contributed by atoms with Gasteiger partial charge in [-0.3, -0.25) is 4.79 Å². The van der Waals surface area contributed by atoms with Crippen LogP contribution in [0.25, 0.3) is 22.3 Å². The summed E-state index contributed by atoms with van der Waals surface area (Å²) in [5.41, 5.74) is 2.96. The maximum atomic E-state index is 12.3. The van der Waals surface area contributed by atoms with Crippen LogP contribution in [0.1, 0.15) is 58.7 Å². The van der Waals surface area contributed by atoms with Crippen molar-refractivity contribution in [1.82, 2.24) is 25.1 Å². The van der Waals surface area contributed by atoms with Crippen molar-refractivity contribution in [2.45, 2.75) is 65.6 Å². The Kier molecular flexibility index (Phi) is 8.39. The van der Waals surface area contributed by atoms with Crippen LogP contribution in [0.5, 0.6) is 11.5 Å². The number of hydrogen-bond donors (Lipinski definition) is 2. The lowest BCUT2D eigenvalue weighted by Gasteiger charge is -2.22. The van der Waals surface area contributed by atoms with Gasteiger partial charge in [0.25, 0.3) is 5.91 Å². The lowest BCUT2D eigenvalue weighted by molar-refractivity contribution is -0.124. The van der Waals surface area contributed by atoms with Crippen molar-refractivity contribution < 1.29 is 19.0 Å². The Morgan fingerprint density at radius 3 is 2.76 bits per heavy atom. The first-order valence-corrected chi connectivity index (χ1v) is 14.1. The van der Waals surface area contributed by atoms with Gasteiger partial charge in [0.1, 0.15) is 23.5 Å². The Hall–Kier alpha value is -4.18. The van der Waals surface area contributed by atoms with Gasteiger partial charge in [0.05, 0.1) is 30.2 Å². The molecule has 5 rings (SSSR count). The summed E-state index contributed by atoms with van der Waals surface area (Å²) in [4.78, 5) is 22.1. The molecule has 1 unspecified atom stereocenters. The van der Waals surface area contributed by atoms with E-state index in [1.54, 1.807) is 6.20 Å². The standard InChI is InChI=1S/C31H38N6O4/c1-6-39-25-14-13-24-28(20(25)2)30(33-22-17-32-37(18-22)27-12-7-8-15-40-27)35-29(34-24)21-10-9-11-23(16-21)41-19-26(38)36-31(3,4)5/h9-11,13-14,16-18,27H,6-8,12,15,19H2,1-5H3,(H,36,38)(H,33,34,35). The largest absolute Gasteiger partial charge is 0.494 e. The Bertz CT molecular complexity index is 1520. The van der Waals surface area contributed by atoms with E-state index in [0.717, 1.165) is 59.3 Å². The molecule has 216 valence electrons. The van der Waals surface area contributed by atoms with Crippen LogP contribution in [0.2, 0.25) is 0 Å². The number of aryl methyl sites for hydroxylation is 1. The first-order valence-electron chi connectivity index (χ1n) is 14.1. The summed E-state index contributed by atoms with van der Waals surface area (Å²) in [6.07, 6.45) is 6.81. The van der Waals surface area contributed by atoms with E-state index in [9.17, 15) is 4.79 Å². The molecule has 2 N–H and O–H groups in total. The molecule has 10 nitrogen and oxygen atoms in total. The second-order valence-corrected chi connectivity index (χ2v) is 11.2. The van der Waals surface area contributed by atoms with Crippen LogP contribution < -0.4 is 20.1 Å². The highest BCUT2D eigenvalue weighted by Crippen LogP contribution is 2.35. The van der Waals surface area contributed by atoms with Gasteiger partial charge in [0, 0.05) is 28.7 Å². The minimum atomic E-state index is -0.329. The molecule has 2 aromatic heterocycles. The maximum Gasteiger partial charge on any atom is 0.258 e. The van der Waals surface area contributed by atoms with E-state index in [-0.39, 0.29) is 24.3 Å². The minimum Gasteiger partial charge on any atom is -0.494 e. The molecule has 0 saturated carbocycles. The van der Waals surface area contributed by atoms with E-state index in [0.29, 0.717) is 24.0 Å². The summed E-state index contributed by atoms with van der Waals surface area (Å²) >= 11 is 0. The molecule has 1 amide bonds. The lowest BCUT2D eigenvalue weighted by atomic mass is 10.1. The van der Waals surface area contributed by atoms with Crippen LogP contribution in [0, 0.1) is 6.92 Å². The van der Waals surface area contributed by atoms with E-state index < -0.39 is 0 Å². The Labute approximate surface area is 240 Å². The summed E-state index contributed by atoms with van der Waals surface area (Å²) in [6.45, 7) is 11.0. The first-order chi connectivity index (χ1) is 19.7. The number of nitrogens with one attached hydrogen (secondary N) is 2. The second-order valence-electron chi connectivity index (χ2n) is 11.2. The van der Waals surface area contributed by atoms with E-state index >= 15 is 0 Å². The molecule has 0 radical (unpaired) electrons. The molecule has 0 aliphatic carbocycles. The normalized spacial score (nSPS) is 15.5. The molecule has 1 atom stereocenters. The minimum absolute atomic E-state index is 0.0588. The third kappa shape index (κ3) is 6.94. The summed E-state index contributed by atoms with van der Waals surface area (Å²) in [5, 5.41) is 11.8. The highest BCUT2D eigenvalue weighted by atomic mass is 16.5. The average molecular weight is 559 g/mol. The molecule has 4 aromatic rings. The number of carbonyl (C=O) groups is 1. The summed E-state index contributed by atoms with van der Waals surface area (Å²) in [6, 6.07) is 11.3. The number of amides is 1. The fraction of sp³-hybridized carbons (Fsp3) is 0.419. The number of ether oxygens (including phenoxy) is 3. The molecule has 41 heavy (non-hydrogen) atoms. The maximum absolute atomic E-state index is 12.3. The lowest BCUT2D eigenvalue weighted by Crippen LogP contribution is -2.43. The van der Waals surface area contributed by atoms with Gasteiger partial charge in [0.15, 0.2) is 12.4 Å². The molecule has 10 heteroatoms. The van der Waals surface area contributed by atoms with Crippen molar-refractivity contribution in [3.05, 3.63) is 54.4 Å². The highest BCUT2D eigenvalue weighted by molar-refractivity contribution is 5.96. The summed E-state index contributed by atoms with van der Waals surface area (Å²) in [7, 11) is 0. The topological polar surface area (TPSA) is 112 Å². The van der Waals surface area contributed by atoms with Crippen molar-refractivity contribution >= 4 is 28.3 Å². The van der Waals surface area contributed by atoms with Gasteiger partial charge in [-0.25, -0.2) is 14.6 Å². The van der Waals surface area contributed by atoms with Gasteiger partial charge in [-0.15, -0.1) is 0 Å². The van der Waals surface area contributed by atoms with Crippen LogP contribution in [0.4, 0.5) is 11.5 Å². The zero-order valence-electron chi connectivity index (χ0n) is 24.4. The van der Waals surface area contributed by atoms with Gasteiger partial charge in [-0.1, -0.05) is 12.1 Å². The molecule has 0 spiro atoms. The van der Waals surface area contributed by atoms with E-state index in [4.69, 9.17) is 24.2 Å². The van der Waals surface area contributed by atoms with Crippen molar-refractivity contribution in [3.63, 3.8) is 0 Å². The second kappa shape index (κ2) is 12.1. The molecule has 1 saturated heterocycles. The molecule has 1 aliphatic rings. The molecular weight excluding hydrogens is 520 g/mol. The quantitative estimate of drug-likeness (QED) is 0.260. The monoisotopic (exact) mass is 558 g/mol. The number of anilines is 2. The van der Waals surface area contributed by atoms with Crippen LogP contribution >= 0.6 is 0 Å². The average Bonchev–Trinajstić information content (AvgIpc) is 3.41. The number of fused-ring (bicyclic) bond motifs is 1. The molecule has 1 fully saturated rings. The number of rotatable bonds is 9. The third-order valence-corrected chi connectivity index (χ3v) is 6.67. The van der Waals surface area contributed by atoms with Crippen molar-refractivity contribution in [2.24, 2.45) is 0 Å². The molecule has 1 aliphatic heterocycles. The zero-order valence-corrected chi connectivity index (χ0v) is 24.4. The van der Waals surface area contributed by atoms with Gasteiger partial charge in [-0.2, -0.15) is 5.10 Å².